The third-order valence-corrected chi connectivity index (χ3v) is 2.97. The van der Waals surface area contributed by atoms with Gasteiger partial charge in [0.1, 0.15) is 5.69 Å². The minimum Gasteiger partial charge on any atom is -0.448 e. The Hall–Kier alpha value is -3.02. The molecule has 0 saturated carbocycles. The molecule has 0 spiro atoms. The highest BCUT2D eigenvalue weighted by Crippen LogP contribution is 2.22. The second-order valence-electron chi connectivity index (χ2n) is 4.57. The van der Waals surface area contributed by atoms with E-state index < -0.39 is 12.1 Å². The van der Waals surface area contributed by atoms with Crippen LogP contribution in [0.2, 0.25) is 0 Å². The van der Waals surface area contributed by atoms with E-state index in [1.54, 1.807) is 25.1 Å². The topological polar surface area (TPSA) is 78.1 Å². The van der Waals surface area contributed by atoms with Crippen molar-refractivity contribution >= 4 is 5.97 Å². The fraction of sp³-hybridized carbons (Fsp3) is 0.125. The summed E-state index contributed by atoms with van der Waals surface area (Å²) < 4.78 is 10.8. The summed E-state index contributed by atoms with van der Waals surface area (Å²) in [5, 5.41) is 7.89. The molecule has 1 atom stereocenters. The van der Waals surface area contributed by atoms with Gasteiger partial charge in [-0.15, -0.1) is 10.2 Å². The van der Waals surface area contributed by atoms with Crippen molar-refractivity contribution in [1.29, 1.82) is 0 Å². The van der Waals surface area contributed by atoms with E-state index in [1.165, 1.54) is 6.20 Å². The molecule has 2 aromatic heterocycles. The first-order chi connectivity index (χ1) is 10.7. The van der Waals surface area contributed by atoms with Crippen molar-refractivity contribution in [1.82, 2.24) is 15.2 Å². The summed E-state index contributed by atoms with van der Waals surface area (Å²) in [6.45, 7) is 1.67. The molecule has 0 aliphatic carbocycles. The zero-order chi connectivity index (χ0) is 15.4. The molecule has 2 heterocycles. The van der Waals surface area contributed by atoms with Gasteiger partial charge in [0.2, 0.25) is 5.89 Å². The number of esters is 1. The summed E-state index contributed by atoms with van der Waals surface area (Å²) in [6.07, 6.45) is 0.876. The van der Waals surface area contributed by atoms with Crippen LogP contribution in [0.1, 0.15) is 29.4 Å². The number of pyridine rings is 1. The molecule has 0 N–H and O–H groups in total. The Bertz CT molecular complexity index is 757. The molecule has 110 valence electrons. The minimum atomic E-state index is -0.653. The van der Waals surface area contributed by atoms with E-state index in [0.29, 0.717) is 5.89 Å². The van der Waals surface area contributed by atoms with Gasteiger partial charge >= 0.3 is 5.97 Å². The quantitative estimate of drug-likeness (QED) is 0.688. The highest BCUT2D eigenvalue weighted by molar-refractivity contribution is 5.87. The molecule has 0 unspecified atom stereocenters. The molecule has 22 heavy (non-hydrogen) atoms. The molecule has 0 saturated heterocycles. The van der Waals surface area contributed by atoms with Gasteiger partial charge in [-0.1, -0.05) is 24.3 Å². The fourth-order valence-electron chi connectivity index (χ4n) is 1.85. The van der Waals surface area contributed by atoms with E-state index in [9.17, 15) is 4.79 Å². The predicted molar refractivity (Wildman–Crippen MR) is 77.8 cm³/mol. The Morgan fingerprint density at radius 1 is 1.09 bits per heavy atom. The molecular formula is C16H13N3O3. The Morgan fingerprint density at radius 3 is 2.59 bits per heavy atom. The van der Waals surface area contributed by atoms with Crippen LogP contribution in [0, 0.1) is 0 Å². The van der Waals surface area contributed by atoms with Crippen molar-refractivity contribution in [3.63, 3.8) is 0 Å². The molecule has 0 aliphatic rings. The van der Waals surface area contributed by atoms with Gasteiger partial charge < -0.3 is 9.15 Å². The fourth-order valence-corrected chi connectivity index (χ4v) is 1.85. The summed E-state index contributed by atoms with van der Waals surface area (Å²) in [5.41, 5.74) is 1.04. The van der Waals surface area contributed by atoms with Crippen LogP contribution < -0.4 is 0 Å². The number of rotatable bonds is 4. The van der Waals surface area contributed by atoms with Crippen molar-refractivity contribution in [2.24, 2.45) is 0 Å². The molecule has 3 rings (SSSR count). The first-order valence-corrected chi connectivity index (χ1v) is 6.75. The molecule has 0 fully saturated rings. The van der Waals surface area contributed by atoms with Crippen LogP contribution in [-0.4, -0.2) is 21.2 Å². The van der Waals surface area contributed by atoms with Gasteiger partial charge in [0.05, 0.1) is 0 Å². The Labute approximate surface area is 126 Å². The molecular weight excluding hydrogens is 282 g/mol. The maximum Gasteiger partial charge on any atom is 0.357 e. The smallest absolute Gasteiger partial charge is 0.357 e. The monoisotopic (exact) mass is 295 g/mol. The van der Waals surface area contributed by atoms with E-state index in [0.717, 1.165) is 5.56 Å². The van der Waals surface area contributed by atoms with E-state index >= 15 is 0 Å². The molecule has 0 amide bonds. The Balaban J connectivity index is 1.72. The van der Waals surface area contributed by atoms with Crippen LogP contribution in [0.5, 0.6) is 0 Å². The molecule has 0 aliphatic heterocycles. The van der Waals surface area contributed by atoms with Crippen LogP contribution in [0.25, 0.3) is 11.5 Å². The third-order valence-electron chi connectivity index (χ3n) is 2.97. The second kappa shape index (κ2) is 6.17. The van der Waals surface area contributed by atoms with E-state index in [-0.39, 0.29) is 11.6 Å². The molecule has 6 nitrogen and oxygen atoms in total. The summed E-state index contributed by atoms with van der Waals surface area (Å²) >= 11 is 0. The summed E-state index contributed by atoms with van der Waals surface area (Å²) in [7, 11) is 0. The van der Waals surface area contributed by atoms with E-state index in [4.69, 9.17) is 9.15 Å². The van der Waals surface area contributed by atoms with Gasteiger partial charge in [-0.05, 0) is 31.2 Å². The second-order valence-corrected chi connectivity index (χ2v) is 4.57. The number of hydrogen-bond donors (Lipinski definition) is 0. The summed E-state index contributed by atoms with van der Waals surface area (Å²) in [4.78, 5) is 15.9. The largest absolute Gasteiger partial charge is 0.448 e. The molecule has 3 aromatic rings. The van der Waals surface area contributed by atoms with Gasteiger partial charge in [-0.2, -0.15) is 0 Å². The highest BCUT2D eigenvalue weighted by atomic mass is 16.6. The normalized spacial score (nSPS) is 11.9. The lowest BCUT2D eigenvalue weighted by Gasteiger charge is -2.08. The average Bonchev–Trinajstić information content (AvgIpc) is 3.06. The summed E-state index contributed by atoms with van der Waals surface area (Å²) in [5.74, 6) is 0.0898. The minimum absolute atomic E-state index is 0.233. The maximum absolute atomic E-state index is 11.9. The van der Waals surface area contributed by atoms with E-state index in [1.807, 2.05) is 30.3 Å². The van der Waals surface area contributed by atoms with Crippen LogP contribution in [0.4, 0.5) is 0 Å². The highest BCUT2D eigenvalue weighted by Gasteiger charge is 2.20. The summed E-state index contributed by atoms with van der Waals surface area (Å²) in [6, 6.07) is 14.4. The third kappa shape index (κ3) is 3.01. The number of carbonyl (C=O) groups excluding carboxylic acids is 1. The lowest BCUT2D eigenvalue weighted by molar-refractivity contribution is 0.0273. The standard InChI is InChI=1S/C16H13N3O3/c1-11(21-16(20)13-9-5-6-10-17-13)14-18-19-15(22-14)12-7-3-2-4-8-12/h2-11H,1H3/t11-/m0/s1. The van der Waals surface area contributed by atoms with Gasteiger partial charge in [-0.25, -0.2) is 9.78 Å². The number of ether oxygens (including phenoxy) is 1. The number of carbonyl (C=O) groups is 1. The van der Waals surface area contributed by atoms with Crippen LogP contribution in [-0.2, 0) is 4.74 Å². The van der Waals surface area contributed by atoms with Crippen molar-refractivity contribution in [3.8, 4) is 11.5 Å². The lowest BCUT2D eigenvalue weighted by atomic mass is 10.2. The zero-order valence-corrected chi connectivity index (χ0v) is 11.8. The van der Waals surface area contributed by atoms with Crippen molar-refractivity contribution in [2.45, 2.75) is 13.0 Å². The van der Waals surface area contributed by atoms with Crippen molar-refractivity contribution in [2.75, 3.05) is 0 Å². The number of nitrogens with zero attached hydrogens (tertiary/aromatic N) is 3. The Morgan fingerprint density at radius 2 is 1.86 bits per heavy atom. The van der Waals surface area contributed by atoms with E-state index in [2.05, 4.69) is 15.2 Å². The van der Waals surface area contributed by atoms with Crippen LogP contribution in [0.15, 0.2) is 59.1 Å². The maximum atomic E-state index is 11.9. The Kier molecular flexibility index (Phi) is 3.91. The van der Waals surface area contributed by atoms with Gasteiger partial charge in [0.25, 0.3) is 5.89 Å². The first kappa shape index (κ1) is 13.9. The van der Waals surface area contributed by atoms with Gasteiger partial charge in [0, 0.05) is 11.8 Å². The molecule has 0 bridgehead atoms. The van der Waals surface area contributed by atoms with Crippen LogP contribution >= 0.6 is 0 Å². The predicted octanol–water partition coefficient (Wildman–Crippen LogP) is 3.05. The molecule has 1 aromatic carbocycles. The molecule has 6 heteroatoms. The zero-order valence-electron chi connectivity index (χ0n) is 11.8. The number of benzene rings is 1. The van der Waals surface area contributed by atoms with Gasteiger partial charge in [0.15, 0.2) is 6.10 Å². The number of hydrogen-bond acceptors (Lipinski definition) is 6. The van der Waals surface area contributed by atoms with Gasteiger partial charge in [-0.3, -0.25) is 0 Å². The molecule has 0 radical (unpaired) electrons. The SMILES string of the molecule is C[C@H](OC(=O)c1ccccn1)c1nnc(-c2ccccc2)o1. The van der Waals surface area contributed by atoms with Crippen molar-refractivity contribution in [3.05, 3.63) is 66.3 Å². The average molecular weight is 295 g/mol. The lowest BCUT2D eigenvalue weighted by Crippen LogP contribution is -2.10. The van der Waals surface area contributed by atoms with Crippen LogP contribution in [0.3, 0.4) is 0 Å². The number of aromatic nitrogens is 3. The first-order valence-electron chi connectivity index (χ1n) is 6.75. The van der Waals surface area contributed by atoms with Crippen molar-refractivity contribution < 1.29 is 13.9 Å².